The predicted octanol–water partition coefficient (Wildman–Crippen LogP) is 1.71. The SMILES string of the molecule is CC(C)NC(=O)NC(=O)COC(=O)[C@@H](NC(=O)OCc1ccccc1)C(C)C. The van der Waals surface area contributed by atoms with Crippen LogP contribution in [0.4, 0.5) is 9.59 Å². The molecule has 0 saturated carbocycles. The molecule has 0 radical (unpaired) electrons. The van der Waals surface area contributed by atoms with E-state index in [4.69, 9.17) is 9.47 Å². The fourth-order valence-corrected chi connectivity index (χ4v) is 2.08. The van der Waals surface area contributed by atoms with Gasteiger partial charge in [0.05, 0.1) is 0 Å². The van der Waals surface area contributed by atoms with Gasteiger partial charge in [0.1, 0.15) is 12.6 Å². The standard InChI is InChI=1S/C19H27N3O6/c1-12(2)16(22-19(26)28-10-14-8-6-5-7-9-14)17(24)27-11-15(23)21-18(25)20-13(3)4/h5-9,12-13,16H,10-11H2,1-4H3,(H,22,26)(H2,20,21,23,25)/t16-/m0/s1. The molecule has 0 aromatic heterocycles. The molecule has 9 nitrogen and oxygen atoms in total. The van der Waals surface area contributed by atoms with Crippen molar-refractivity contribution < 1.29 is 28.7 Å². The third-order valence-electron chi connectivity index (χ3n) is 3.42. The Labute approximate surface area is 164 Å². The molecule has 0 spiro atoms. The van der Waals surface area contributed by atoms with E-state index in [1.807, 2.05) is 23.5 Å². The molecule has 1 atom stereocenters. The molecule has 1 aromatic rings. The van der Waals surface area contributed by atoms with Crippen molar-refractivity contribution >= 4 is 24.0 Å². The number of imide groups is 1. The summed E-state index contributed by atoms with van der Waals surface area (Å²) in [5, 5.41) is 6.94. The number of rotatable bonds is 8. The minimum absolute atomic E-state index is 0.0555. The van der Waals surface area contributed by atoms with Crippen LogP contribution in [0.3, 0.4) is 0 Å². The van der Waals surface area contributed by atoms with E-state index in [9.17, 15) is 19.2 Å². The molecule has 28 heavy (non-hydrogen) atoms. The first kappa shape index (κ1) is 22.9. The van der Waals surface area contributed by atoms with Crippen molar-refractivity contribution in [3.8, 4) is 0 Å². The van der Waals surface area contributed by atoms with Gasteiger partial charge in [-0.05, 0) is 25.3 Å². The number of carbonyl (C=O) groups is 4. The van der Waals surface area contributed by atoms with E-state index in [-0.39, 0.29) is 18.6 Å². The van der Waals surface area contributed by atoms with E-state index in [0.29, 0.717) is 0 Å². The molecule has 1 rings (SSSR count). The first-order valence-electron chi connectivity index (χ1n) is 8.93. The van der Waals surface area contributed by atoms with Crippen molar-refractivity contribution in [3.63, 3.8) is 0 Å². The van der Waals surface area contributed by atoms with Crippen molar-refractivity contribution in [3.05, 3.63) is 35.9 Å². The Morgan fingerprint density at radius 1 is 0.929 bits per heavy atom. The molecule has 0 saturated heterocycles. The zero-order valence-electron chi connectivity index (χ0n) is 16.5. The summed E-state index contributed by atoms with van der Waals surface area (Å²) >= 11 is 0. The molecule has 0 aliphatic carbocycles. The third-order valence-corrected chi connectivity index (χ3v) is 3.42. The van der Waals surface area contributed by atoms with Gasteiger partial charge in [-0.2, -0.15) is 0 Å². The minimum atomic E-state index is -0.999. The average Bonchev–Trinajstić information content (AvgIpc) is 2.62. The van der Waals surface area contributed by atoms with Crippen LogP contribution in [0.15, 0.2) is 30.3 Å². The maximum atomic E-state index is 12.2. The maximum absolute atomic E-state index is 12.2. The summed E-state index contributed by atoms with van der Waals surface area (Å²) in [6, 6.07) is 7.25. The quantitative estimate of drug-likeness (QED) is 0.578. The molecule has 0 unspecified atom stereocenters. The first-order valence-corrected chi connectivity index (χ1v) is 8.93. The van der Waals surface area contributed by atoms with Crippen LogP contribution in [0.25, 0.3) is 0 Å². The van der Waals surface area contributed by atoms with Gasteiger partial charge in [-0.3, -0.25) is 10.1 Å². The van der Waals surface area contributed by atoms with Gasteiger partial charge in [0.15, 0.2) is 6.61 Å². The molecule has 3 N–H and O–H groups in total. The third kappa shape index (κ3) is 9.02. The van der Waals surface area contributed by atoms with Crippen LogP contribution in [0.5, 0.6) is 0 Å². The monoisotopic (exact) mass is 393 g/mol. The number of carbonyl (C=O) groups excluding carboxylic acids is 4. The highest BCUT2D eigenvalue weighted by Gasteiger charge is 2.27. The van der Waals surface area contributed by atoms with Crippen LogP contribution in [0, 0.1) is 5.92 Å². The number of esters is 1. The number of benzene rings is 1. The lowest BCUT2D eigenvalue weighted by Crippen LogP contribution is -2.47. The Kier molecular flexibility index (Phi) is 9.49. The Balaban J connectivity index is 2.46. The van der Waals surface area contributed by atoms with Crippen molar-refractivity contribution in [2.75, 3.05) is 6.61 Å². The number of amides is 4. The summed E-state index contributed by atoms with van der Waals surface area (Å²) < 4.78 is 9.98. The zero-order chi connectivity index (χ0) is 21.1. The van der Waals surface area contributed by atoms with Gasteiger partial charge in [0.25, 0.3) is 5.91 Å². The van der Waals surface area contributed by atoms with Crippen LogP contribution in [0.2, 0.25) is 0 Å². The zero-order valence-corrected chi connectivity index (χ0v) is 16.5. The highest BCUT2D eigenvalue weighted by Crippen LogP contribution is 2.06. The van der Waals surface area contributed by atoms with E-state index in [0.717, 1.165) is 5.56 Å². The van der Waals surface area contributed by atoms with E-state index in [1.165, 1.54) is 0 Å². The molecule has 0 fully saturated rings. The van der Waals surface area contributed by atoms with Crippen molar-refractivity contribution in [2.24, 2.45) is 5.92 Å². The predicted molar refractivity (Wildman–Crippen MR) is 101 cm³/mol. The molecule has 4 amide bonds. The normalized spacial score (nSPS) is 11.5. The summed E-state index contributed by atoms with van der Waals surface area (Å²) in [4.78, 5) is 47.2. The molecule has 0 bridgehead atoms. The van der Waals surface area contributed by atoms with Gasteiger partial charge in [0.2, 0.25) is 0 Å². The average molecular weight is 393 g/mol. The summed E-state index contributed by atoms with van der Waals surface area (Å²) in [7, 11) is 0. The van der Waals surface area contributed by atoms with Crippen LogP contribution < -0.4 is 16.0 Å². The van der Waals surface area contributed by atoms with Crippen LogP contribution in [-0.4, -0.2) is 42.7 Å². The Morgan fingerprint density at radius 3 is 2.14 bits per heavy atom. The van der Waals surface area contributed by atoms with Crippen molar-refractivity contribution in [2.45, 2.75) is 46.4 Å². The molecule has 9 heteroatoms. The summed E-state index contributed by atoms with van der Waals surface area (Å²) in [6.45, 7) is 6.30. The second-order valence-electron chi connectivity index (χ2n) is 6.71. The van der Waals surface area contributed by atoms with Gasteiger partial charge < -0.3 is 20.1 Å². The van der Waals surface area contributed by atoms with Gasteiger partial charge in [-0.1, -0.05) is 44.2 Å². The van der Waals surface area contributed by atoms with Gasteiger partial charge in [-0.25, -0.2) is 14.4 Å². The highest BCUT2D eigenvalue weighted by molar-refractivity contribution is 5.95. The maximum Gasteiger partial charge on any atom is 0.408 e. The van der Waals surface area contributed by atoms with E-state index in [1.54, 1.807) is 39.8 Å². The lowest BCUT2D eigenvalue weighted by molar-refractivity contribution is -0.151. The number of ether oxygens (including phenoxy) is 2. The molecular formula is C19H27N3O6. The van der Waals surface area contributed by atoms with Crippen LogP contribution in [-0.2, 0) is 25.7 Å². The molecule has 1 aromatic carbocycles. The van der Waals surface area contributed by atoms with Crippen LogP contribution >= 0.6 is 0 Å². The molecule has 0 aliphatic rings. The Hall–Kier alpha value is -3.10. The van der Waals surface area contributed by atoms with Crippen molar-refractivity contribution in [1.82, 2.24) is 16.0 Å². The molecular weight excluding hydrogens is 366 g/mol. The summed E-state index contributed by atoms with van der Waals surface area (Å²) in [5.41, 5.74) is 0.803. The molecule has 154 valence electrons. The van der Waals surface area contributed by atoms with Gasteiger partial charge >= 0.3 is 18.1 Å². The minimum Gasteiger partial charge on any atom is -0.454 e. The lowest BCUT2D eigenvalue weighted by Gasteiger charge is -2.20. The smallest absolute Gasteiger partial charge is 0.408 e. The van der Waals surface area contributed by atoms with Gasteiger partial charge in [-0.15, -0.1) is 0 Å². The number of nitrogens with one attached hydrogen (secondary N) is 3. The topological polar surface area (TPSA) is 123 Å². The Bertz CT molecular complexity index is 676. The lowest BCUT2D eigenvalue weighted by atomic mass is 10.1. The van der Waals surface area contributed by atoms with Gasteiger partial charge in [0, 0.05) is 6.04 Å². The second kappa shape index (κ2) is 11.6. The summed E-state index contributed by atoms with van der Waals surface area (Å²) in [6.07, 6.45) is -0.778. The number of hydrogen-bond donors (Lipinski definition) is 3. The van der Waals surface area contributed by atoms with E-state index >= 15 is 0 Å². The molecule has 0 aliphatic heterocycles. The fraction of sp³-hybridized carbons (Fsp3) is 0.474. The van der Waals surface area contributed by atoms with Crippen LogP contribution in [0.1, 0.15) is 33.3 Å². The van der Waals surface area contributed by atoms with E-state index < -0.39 is 36.6 Å². The van der Waals surface area contributed by atoms with E-state index in [2.05, 4.69) is 10.6 Å². The number of alkyl carbamates (subject to hydrolysis) is 1. The first-order chi connectivity index (χ1) is 13.2. The second-order valence-corrected chi connectivity index (χ2v) is 6.71. The molecule has 0 heterocycles. The number of urea groups is 1. The van der Waals surface area contributed by atoms with Crippen molar-refractivity contribution in [1.29, 1.82) is 0 Å². The largest absolute Gasteiger partial charge is 0.454 e. The summed E-state index contributed by atoms with van der Waals surface area (Å²) in [5.74, 6) is -1.88. The fourth-order valence-electron chi connectivity index (χ4n) is 2.08. The highest BCUT2D eigenvalue weighted by atomic mass is 16.6. The Morgan fingerprint density at radius 2 is 1.57 bits per heavy atom. The number of hydrogen-bond acceptors (Lipinski definition) is 6.